The fourth-order valence-corrected chi connectivity index (χ4v) is 3.15. The van der Waals surface area contributed by atoms with Crippen molar-refractivity contribution in [3.8, 4) is 0 Å². The SMILES string of the molecule is Cc1ccc(NC(=S)NCCCSCc2ccccc2F)cc1. The van der Waals surface area contributed by atoms with E-state index >= 15 is 0 Å². The van der Waals surface area contributed by atoms with Gasteiger partial charge in [0.1, 0.15) is 5.82 Å². The number of nitrogens with one attached hydrogen (secondary N) is 2. The quantitative estimate of drug-likeness (QED) is 0.557. The van der Waals surface area contributed by atoms with Crippen LogP contribution in [-0.4, -0.2) is 17.4 Å². The van der Waals surface area contributed by atoms with Gasteiger partial charge in [-0.2, -0.15) is 11.8 Å². The Morgan fingerprint density at radius 3 is 2.61 bits per heavy atom. The molecule has 2 aromatic rings. The summed E-state index contributed by atoms with van der Waals surface area (Å²) >= 11 is 7.00. The summed E-state index contributed by atoms with van der Waals surface area (Å²) in [4.78, 5) is 0. The van der Waals surface area contributed by atoms with Crippen LogP contribution in [0.1, 0.15) is 17.5 Å². The van der Waals surface area contributed by atoms with Crippen LogP contribution in [0.2, 0.25) is 0 Å². The number of anilines is 1. The molecule has 0 atom stereocenters. The van der Waals surface area contributed by atoms with Crippen molar-refractivity contribution in [2.45, 2.75) is 19.1 Å². The number of aryl methyl sites for hydroxylation is 1. The molecule has 0 saturated carbocycles. The molecule has 0 spiro atoms. The van der Waals surface area contributed by atoms with Crippen LogP contribution in [0, 0.1) is 12.7 Å². The maximum Gasteiger partial charge on any atom is 0.170 e. The van der Waals surface area contributed by atoms with Gasteiger partial charge in [0.2, 0.25) is 0 Å². The second kappa shape index (κ2) is 9.53. The van der Waals surface area contributed by atoms with Crippen molar-refractivity contribution in [3.05, 3.63) is 65.5 Å². The van der Waals surface area contributed by atoms with Crippen molar-refractivity contribution < 1.29 is 4.39 Å². The average molecular weight is 349 g/mol. The Morgan fingerprint density at radius 2 is 1.87 bits per heavy atom. The number of rotatable bonds is 7. The molecule has 2 rings (SSSR count). The molecule has 0 unspecified atom stereocenters. The first-order valence-electron chi connectivity index (χ1n) is 7.58. The smallest absolute Gasteiger partial charge is 0.170 e. The van der Waals surface area contributed by atoms with Gasteiger partial charge < -0.3 is 10.6 Å². The molecule has 0 saturated heterocycles. The minimum absolute atomic E-state index is 0.124. The number of thioether (sulfide) groups is 1. The highest BCUT2D eigenvalue weighted by atomic mass is 32.2. The third-order valence-electron chi connectivity index (χ3n) is 3.28. The Balaban J connectivity index is 1.57. The summed E-state index contributed by atoms with van der Waals surface area (Å²) in [6.45, 7) is 2.86. The molecule has 0 bridgehead atoms. The lowest BCUT2D eigenvalue weighted by Crippen LogP contribution is -2.29. The van der Waals surface area contributed by atoms with Crippen molar-refractivity contribution in [3.63, 3.8) is 0 Å². The van der Waals surface area contributed by atoms with Gasteiger partial charge in [-0.15, -0.1) is 0 Å². The lowest BCUT2D eigenvalue weighted by molar-refractivity contribution is 0.617. The van der Waals surface area contributed by atoms with Crippen molar-refractivity contribution >= 4 is 34.8 Å². The molecule has 0 fully saturated rings. The minimum Gasteiger partial charge on any atom is -0.362 e. The van der Waals surface area contributed by atoms with Crippen LogP contribution in [-0.2, 0) is 5.75 Å². The molecule has 2 N–H and O–H groups in total. The molecule has 23 heavy (non-hydrogen) atoms. The van der Waals surface area contributed by atoms with E-state index in [-0.39, 0.29) is 5.82 Å². The highest BCUT2D eigenvalue weighted by molar-refractivity contribution is 7.98. The zero-order chi connectivity index (χ0) is 16.5. The Kier molecular flexibility index (Phi) is 7.36. The van der Waals surface area contributed by atoms with E-state index in [1.165, 1.54) is 11.6 Å². The lowest BCUT2D eigenvalue weighted by atomic mass is 10.2. The molecule has 0 amide bonds. The Bertz CT molecular complexity index is 629. The molecule has 2 aromatic carbocycles. The molecule has 122 valence electrons. The average Bonchev–Trinajstić information content (AvgIpc) is 2.54. The van der Waals surface area contributed by atoms with Gasteiger partial charge in [-0.05, 0) is 55.1 Å². The summed E-state index contributed by atoms with van der Waals surface area (Å²) in [6.07, 6.45) is 0.981. The summed E-state index contributed by atoms with van der Waals surface area (Å²) in [5.41, 5.74) is 2.98. The Hall–Kier alpha value is -1.59. The number of halogens is 1. The second-order valence-corrected chi connectivity index (χ2v) is 6.76. The molecule has 0 heterocycles. The van der Waals surface area contributed by atoms with Gasteiger partial charge in [0.05, 0.1) is 0 Å². The largest absolute Gasteiger partial charge is 0.362 e. The van der Waals surface area contributed by atoms with Gasteiger partial charge in [0.25, 0.3) is 0 Å². The molecule has 5 heteroatoms. The molecule has 0 aromatic heterocycles. The highest BCUT2D eigenvalue weighted by Gasteiger charge is 2.01. The van der Waals surface area contributed by atoms with E-state index < -0.39 is 0 Å². The van der Waals surface area contributed by atoms with Gasteiger partial charge in [-0.25, -0.2) is 4.39 Å². The summed E-state index contributed by atoms with van der Waals surface area (Å²) in [5.74, 6) is 1.55. The molecule has 0 aliphatic rings. The van der Waals surface area contributed by atoms with Crippen molar-refractivity contribution in [1.82, 2.24) is 5.32 Å². The van der Waals surface area contributed by atoms with Crippen molar-refractivity contribution in [2.75, 3.05) is 17.6 Å². The number of hydrogen-bond acceptors (Lipinski definition) is 2. The predicted molar refractivity (Wildman–Crippen MR) is 103 cm³/mol. The first-order chi connectivity index (χ1) is 11.1. The molecular formula is C18H21FN2S2. The summed E-state index contributed by atoms with van der Waals surface area (Å²) in [7, 11) is 0. The van der Waals surface area contributed by atoms with E-state index in [9.17, 15) is 4.39 Å². The zero-order valence-electron chi connectivity index (χ0n) is 13.1. The topological polar surface area (TPSA) is 24.1 Å². The first-order valence-corrected chi connectivity index (χ1v) is 9.14. The van der Waals surface area contributed by atoms with Crippen LogP contribution in [0.5, 0.6) is 0 Å². The van der Waals surface area contributed by atoms with E-state index in [1.807, 2.05) is 36.4 Å². The van der Waals surface area contributed by atoms with E-state index in [0.29, 0.717) is 10.9 Å². The third kappa shape index (κ3) is 6.59. The number of thiocarbonyl (C=S) groups is 1. The van der Waals surface area contributed by atoms with Crippen LogP contribution in [0.3, 0.4) is 0 Å². The number of benzene rings is 2. The maximum absolute atomic E-state index is 13.5. The van der Waals surface area contributed by atoms with Gasteiger partial charge >= 0.3 is 0 Å². The van der Waals surface area contributed by atoms with Gasteiger partial charge in [0.15, 0.2) is 5.11 Å². The van der Waals surface area contributed by atoms with E-state index in [1.54, 1.807) is 17.8 Å². The molecular weight excluding hydrogens is 327 g/mol. The monoisotopic (exact) mass is 348 g/mol. The minimum atomic E-state index is -0.124. The molecule has 0 radical (unpaired) electrons. The van der Waals surface area contributed by atoms with Crippen LogP contribution >= 0.6 is 24.0 Å². The second-order valence-electron chi connectivity index (χ2n) is 5.24. The summed E-state index contributed by atoms with van der Waals surface area (Å²) in [5, 5.41) is 6.98. The standard InChI is InChI=1S/C18H21FN2S2/c1-14-7-9-16(10-8-14)21-18(22)20-11-4-12-23-13-15-5-2-3-6-17(15)19/h2-3,5-10H,4,11-13H2,1H3,(H2,20,21,22). The van der Waals surface area contributed by atoms with Crippen LogP contribution in [0.25, 0.3) is 0 Å². The maximum atomic E-state index is 13.5. The molecule has 2 nitrogen and oxygen atoms in total. The van der Waals surface area contributed by atoms with E-state index in [4.69, 9.17) is 12.2 Å². The van der Waals surface area contributed by atoms with Gasteiger partial charge in [0, 0.05) is 18.0 Å². The van der Waals surface area contributed by atoms with Crippen LogP contribution in [0.4, 0.5) is 10.1 Å². The summed E-state index contributed by atoms with van der Waals surface area (Å²) < 4.78 is 13.5. The fourth-order valence-electron chi connectivity index (χ4n) is 1.99. The van der Waals surface area contributed by atoms with Gasteiger partial charge in [-0.3, -0.25) is 0 Å². The fraction of sp³-hybridized carbons (Fsp3) is 0.278. The zero-order valence-corrected chi connectivity index (χ0v) is 14.8. The molecule has 0 aliphatic carbocycles. The van der Waals surface area contributed by atoms with E-state index in [2.05, 4.69) is 17.6 Å². The highest BCUT2D eigenvalue weighted by Crippen LogP contribution is 2.15. The predicted octanol–water partition coefficient (Wildman–Crippen LogP) is 4.74. The number of hydrogen-bond donors (Lipinski definition) is 2. The Morgan fingerprint density at radius 1 is 1.13 bits per heavy atom. The van der Waals surface area contributed by atoms with Crippen LogP contribution in [0.15, 0.2) is 48.5 Å². The van der Waals surface area contributed by atoms with E-state index in [0.717, 1.165) is 30.0 Å². The lowest BCUT2D eigenvalue weighted by Gasteiger charge is -2.10. The van der Waals surface area contributed by atoms with Crippen LogP contribution < -0.4 is 10.6 Å². The van der Waals surface area contributed by atoms with Gasteiger partial charge in [-0.1, -0.05) is 35.9 Å². The first kappa shape index (κ1) is 17.8. The molecule has 0 aliphatic heterocycles. The van der Waals surface area contributed by atoms with Crippen molar-refractivity contribution in [1.29, 1.82) is 0 Å². The normalized spacial score (nSPS) is 10.3. The Labute approximate surface area is 146 Å². The summed E-state index contributed by atoms with van der Waals surface area (Å²) in [6, 6.07) is 15.0. The third-order valence-corrected chi connectivity index (χ3v) is 4.61. The van der Waals surface area contributed by atoms with Crippen molar-refractivity contribution in [2.24, 2.45) is 0 Å².